The summed E-state index contributed by atoms with van der Waals surface area (Å²) < 4.78 is 25.4. The second-order valence-corrected chi connectivity index (χ2v) is 9.80. The number of nitro benzene ring substituents is 1. The SMILES string of the molecule is Cc1cc(C(=O)N(C)Cc2c(C)nn([C@H]3CCS(=O)(=O)C3)c2C)ccc1[N+](=O)[O-]. The first-order chi connectivity index (χ1) is 13.5. The molecular weight excluding hydrogens is 396 g/mol. The van der Waals surface area contributed by atoms with Gasteiger partial charge in [-0.1, -0.05) is 0 Å². The van der Waals surface area contributed by atoms with Crippen LogP contribution in [0.4, 0.5) is 5.69 Å². The van der Waals surface area contributed by atoms with Gasteiger partial charge in [-0.15, -0.1) is 0 Å². The summed E-state index contributed by atoms with van der Waals surface area (Å²) in [6.45, 7) is 5.64. The van der Waals surface area contributed by atoms with Crippen molar-refractivity contribution < 1.29 is 18.1 Å². The maximum Gasteiger partial charge on any atom is 0.272 e. The van der Waals surface area contributed by atoms with Gasteiger partial charge in [-0.3, -0.25) is 19.6 Å². The molecular formula is C19H24N4O5S. The minimum Gasteiger partial charge on any atom is -0.337 e. The van der Waals surface area contributed by atoms with E-state index in [1.807, 2.05) is 13.8 Å². The van der Waals surface area contributed by atoms with Crippen LogP contribution >= 0.6 is 0 Å². The molecule has 1 aromatic carbocycles. The van der Waals surface area contributed by atoms with Crippen LogP contribution in [0.15, 0.2) is 18.2 Å². The van der Waals surface area contributed by atoms with Crippen molar-refractivity contribution in [3.05, 3.63) is 56.4 Å². The van der Waals surface area contributed by atoms with Crippen LogP contribution in [0.5, 0.6) is 0 Å². The van der Waals surface area contributed by atoms with E-state index < -0.39 is 14.8 Å². The van der Waals surface area contributed by atoms with Gasteiger partial charge in [-0.2, -0.15) is 5.10 Å². The standard InChI is InChI=1S/C19H24N4O5S/c1-12-9-15(5-6-18(12)23(25)26)19(24)21(4)10-17-13(2)20-22(14(17)3)16-7-8-29(27,28)11-16/h5-6,9,16H,7-8,10-11H2,1-4H3/t16-/m0/s1. The molecule has 1 aliphatic heterocycles. The first-order valence-electron chi connectivity index (χ1n) is 9.25. The van der Waals surface area contributed by atoms with Crippen LogP contribution in [0, 0.1) is 30.9 Å². The summed E-state index contributed by atoms with van der Waals surface area (Å²) in [5, 5.41) is 15.5. The van der Waals surface area contributed by atoms with Gasteiger partial charge >= 0.3 is 0 Å². The number of carbonyl (C=O) groups is 1. The Morgan fingerprint density at radius 2 is 2.03 bits per heavy atom. The van der Waals surface area contributed by atoms with Gasteiger partial charge in [0.25, 0.3) is 11.6 Å². The number of hydrogen-bond acceptors (Lipinski definition) is 6. The summed E-state index contributed by atoms with van der Waals surface area (Å²) in [6, 6.07) is 4.14. The maximum atomic E-state index is 12.8. The molecule has 3 rings (SSSR count). The molecule has 1 aromatic heterocycles. The van der Waals surface area contributed by atoms with E-state index in [0.29, 0.717) is 24.1 Å². The highest BCUT2D eigenvalue weighted by molar-refractivity contribution is 7.91. The zero-order valence-corrected chi connectivity index (χ0v) is 17.7. The topological polar surface area (TPSA) is 115 Å². The Labute approximate surface area is 169 Å². The van der Waals surface area contributed by atoms with Gasteiger partial charge in [-0.05, 0) is 39.3 Å². The van der Waals surface area contributed by atoms with Gasteiger partial charge < -0.3 is 4.90 Å². The second-order valence-electron chi connectivity index (χ2n) is 7.57. The highest BCUT2D eigenvalue weighted by atomic mass is 32.2. The third kappa shape index (κ3) is 4.16. The number of aryl methyl sites for hydroxylation is 2. The lowest BCUT2D eigenvalue weighted by Gasteiger charge is -2.18. The lowest BCUT2D eigenvalue weighted by molar-refractivity contribution is -0.385. The molecule has 0 aliphatic carbocycles. The lowest BCUT2D eigenvalue weighted by Crippen LogP contribution is -2.27. The molecule has 0 bridgehead atoms. The van der Waals surface area contributed by atoms with Gasteiger partial charge in [0.1, 0.15) is 0 Å². The molecule has 0 radical (unpaired) electrons. The molecule has 0 N–H and O–H groups in total. The molecule has 10 heteroatoms. The Morgan fingerprint density at radius 3 is 2.59 bits per heavy atom. The van der Waals surface area contributed by atoms with Crippen LogP contribution < -0.4 is 0 Å². The van der Waals surface area contributed by atoms with E-state index in [1.54, 1.807) is 18.7 Å². The fourth-order valence-corrected chi connectivity index (χ4v) is 5.46. The van der Waals surface area contributed by atoms with Crippen LogP contribution in [0.2, 0.25) is 0 Å². The third-order valence-electron chi connectivity index (χ3n) is 5.41. The number of aromatic nitrogens is 2. The van der Waals surface area contributed by atoms with E-state index in [9.17, 15) is 23.3 Å². The predicted molar refractivity (Wildman–Crippen MR) is 108 cm³/mol. The average molecular weight is 420 g/mol. The minimum absolute atomic E-state index is 0.0244. The molecule has 156 valence electrons. The van der Waals surface area contributed by atoms with Crippen molar-refractivity contribution in [2.75, 3.05) is 18.6 Å². The fraction of sp³-hybridized carbons (Fsp3) is 0.474. The monoisotopic (exact) mass is 420 g/mol. The van der Waals surface area contributed by atoms with Gasteiger partial charge in [0, 0.05) is 42.0 Å². The van der Waals surface area contributed by atoms with Crippen LogP contribution in [0.3, 0.4) is 0 Å². The molecule has 1 fully saturated rings. The summed E-state index contributed by atoms with van der Waals surface area (Å²) in [5.41, 5.74) is 3.26. The smallest absolute Gasteiger partial charge is 0.272 e. The van der Waals surface area contributed by atoms with Crippen LogP contribution in [-0.2, 0) is 16.4 Å². The van der Waals surface area contributed by atoms with E-state index in [4.69, 9.17) is 0 Å². The quantitative estimate of drug-likeness (QED) is 0.542. The number of carbonyl (C=O) groups excluding carboxylic acids is 1. The number of sulfone groups is 1. The first-order valence-corrected chi connectivity index (χ1v) is 11.1. The van der Waals surface area contributed by atoms with E-state index >= 15 is 0 Å². The summed E-state index contributed by atoms with van der Waals surface area (Å²) in [6.07, 6.45) is 0.542. The largest absolute Gasteiger partial charge is 0.337 e. The third-order valence-corrected chi connectivity index (χ3v) is 7.16. The van der Waals surface area contributed by atoms with Crippen LogP contribution in [0.1, 0.15) is 45.3 Å². The molecule has 1 amide bonds. The molecule has 9 nitrogen and oxygen atoms in total. The van der Waals surface area contributed by atoms with Crippen LogP contribution in [-0.4, -0.2) is 52.5 Å². The minimum atomic E-state index is -3.02. The van der Waals surface area contributed by atoms with Crippen molar-refractivity contribution in [3.63, 3.8) is 0 Å². The second kappa shape index (κ2) is 7.58. The molecule has 2 aromatic rings. The lowest BCUT2D eigenvalue weighted by atomic mass is 10.1. The van der Waals surface area contributed by atoms with Crippen molar-refractivity contribution in [1.82, 2.24) is 14.7 Å². The van der Waals surface area contributed by atoms with Gasteiger partial charge in [0.2, 0.25) is 0 Å². The van der Waals surface area contributed by atoms with Gasteiger partial charge in [0.15, 0.2) is 9.84 Å². The van der Waals surface area contributed by atoms with Crippen molar-refractivity contribution >= 4 is 21.4 Å². The Balaban J connectivity index is 1.80. The zero-order valence-electron chi connectivity index (χ0n) is 16.9. The fourth-order valence-electron chi connectivity index (χ4n) is 3.77. The van der Waals surface area contributed by atoms with Crippen molar-refractivity contribution in [2.24, 2.45) is 0 Å². The van der Waals surface area contributed by atoms with Crippen molar-refractivity contribution in [1.29, 1.82) is 0 Å². The van der Waals surface area contributed by atoms with E-state index in [1.165, 1.54) is 23.1 Å². The summed E-state index contributed by atoms with van der Waals surface area (Å²) in [4.78, 5) is 24.8. The van der Waals surface area contributed by atoms with Gasteiger partial charge in [0.05, 0.1) is 28.2 Å². The molecule has 0 saturated carbocycles. The molecule has 1 saturated heterocycles. The molecule has 0 spiro atoms. The number of amides is 1. The van der Waals surface area contributed by atoms with E-state index in [0.717, 1.165) is 17.0 Å². The number of rotatable bonds is 5. The molecule has 1 atom stereocenters. The Kier molecular flexibility index (Phi) is 5.48. The zero-order chi connectivity index (χ0) is 21.5. The Morgan fingerprint density at radius 1 is 1.34 bits per heavy atom. The predicted octanol–water partition coefficient (Wildman–Crippen LogP) is 2.35. The summed E-state index contributed by atoms with van der Waals surface area (Å²) in [7, 11) is -1.36. The van der Waals surface area contributed by atoms with Gasteiger partial charge in [-0.25, -0.2) is 8.42 Å². The van der Waals surface area contributed by atoms with E-state index in [-0.39, 0.29) is 29.1 Å². The summed E-state index contributed by atoms with van der Waals surface area (Å²) >= 11 is 0. The number of benzene rings is 1. The molecule has 1 aliphatic rings. The number of hydrogen-bond donors (Lipinski definition) is 0. The molecule has 0 unspecified atom stereocenters. The van der Waals surface area contributed by atoms with Crippen LogP contribution in [0.25, 0.3) is 0 Å². The van der Waals surface area contributed by atoms with E-state index in [2.05, 4.69) is 5.10 Å². The molecule has 2 heterocycles. The normalized spacial score (nSPS) is 18.0. The Bertz CT molecular complexity index is 1090. The van der Waals surface area contributed by atoms with Crippen molar-refractivity contribution in [3.8, 4) is 0 Å². The maximum absolute atomic E-state index is 12.8. The van der Waals surface area contributed by atoms with Crippen molar-refractivity contribution in [2.45, 2.75) is 39.8 Å². The average Bonchev–Trinajstić information content (AvgIpc) is 3.13. The first kappa shape index (κ1) is 21.0. The highest BCUT2D eigenvalue weighted by Crippen LogP contribution is 2.27. The molecule has 29 heavy (non-hydrogen) atoms. The Hall–Kier alpha value is -2.75. The highest BCUT2D eigenvalue weighted by Gasteiger charge is 2.31. The number of nitro groups is 1. The summed E-state index contributed by atoms with van der Waals surface area (Å²) in [5.74, 6) is 0.00655. The number of nitrogens with zero attached hydrogens (tertiary/aromatic N) is 4.